The molecule has 0 unspecified atom stereocenters. The number of nitrogens with zero attached hydrogens (tertiary/aromatic N) is 2. The predicted octanol–water partition coefficient (Wildman–Crippen LogP) is 3.38. The van der Waals surface area contributed by atoms with Crippen LogP contribution in [0.3, 0.4) is 0 Å². The van der Waals surface area contributed by atoms with E-state index in [0.717, 1.165) is 5.69 Å². The number of para-hydroxylation sites is 1. The van der Waals surface area contributed by atoms with Crippen molar-refractivity contribution >= 4 is 33.3 Å². The Labute approximate surface area is 148 Å². The number of aryl methyl sites for hydroxylation is 1. The van der Waals surface area contributed by atoms with Crippen LogP contribution in [-0.4, -0.2) is 20.6 Å². The Hall–Kier alpha value is -2.67. The highest BCUT2D eigenvalue weighted by Crippen LogP contribution is 2.27. The van der Waals surface area contributed by atoms with Crippen molar-refractivity contribution in [2.45, 2.75) is 27.3 Å². The number of anilines is 1. The normalized spacial score (nSPS) is 11.2. The molecule has 25 heavy (non-hydrogen) atoms. The summed E-state index contributed by atoms with van der Waals surface area (Å²) in [7, 11) is 0. The van der Waals surface area contributed by atoms with Gasteiger partial charge in [0.2, 0.25) is 0 Å². The van der Waals surface area contributed by atoms with Crippen LogP contribution in [0, 0.1) is 12.8 Å². The van der Waals surface area contributed by atoms with E-state index >= 15 is 0 Å². The molecule has 0 aliphatic rings. The zero-order valence-corrected chi connectivity index (χ0v) is 15.1. The highest BCUT2D eigenvalue weighted by atomic mass is 32.1. The number of benzene rings is 1. The maximum absolute atomic E-state index is 12.9. The molecule has 3 aromatic rings. The lowest BCUT2D eigenvalue weighted by Gasteiger charge is -2.16. The predicted molar refractivity (Wildman–Crippen MR) is 99.5 cm³/mol. The van der Waals surface area contributed by atoms with E-state index in [0.29, 0.717) is 22.6 Å². The monoisotopic (exact) mass is 357 g/mol. The maximum atomic E-state index is 12.9. The van der Waals surface area contributed by atoms with Gasteiger partial charge in [0.25, 0.3) is 11.5 Å². The van der Waals surface area contributed by atoms with E-state index < -0.39 is 11.5 Å². The number of pyridine rings is 1. The number of fused-ring (bicyclic) bond motifs is 1. The molecule has 130 valence electrons. The first-order chi connectivity index (χ1) is 11.9. The Kier molecular flexibility index (Phi) is 4.59. The number of carbonyl (C=O) groups excluding carboxylic acids is 1. The smallest absolute Gasteiger partial charge is 0.267 e. The number of hydrogen-bond donors (Lipinski definition) is 2. The van der Waals surface area contributed by atoms with Crippen LogP contribution >= 0.6 is 11.3 Å². The van der Waals surface area contributed by atoms with Crippen molar-refractivity contribution in [3.8, 4) is 5.75 Å². The summed E-state index contributed by atoms with van der Waals surface area (Å²) >= 11 is 1.27. The zero-order chi connectivity index (χ0) is 18.1. The van der Waals surface area contributed by atoms with Gasteiger partial charge in [0.05, 0.1) is 11.2 Å². The Balaban J connectivity index is 2.17. The Morgan fingerprint density at radius 2 is 2.08 bits per heavy atom. The first kappa shape index (κ1) is 17.2. The molecule has 2 N–H and O–H groups in total. The fourth-order valence-corrected chi connectivity index (χ4v) is 3.39. The molecule has 0 saturated heterocycles. The van der Waals surface area contributed by atoms with Crippen LogP contribution in [0.2, 0.25) is 0 Å². The van der Waals surface area contributed by atoms with Crippen LogP contribution in [0.4, 0.5) is 5.13 Å². The number of thiazole rings is 1. The second-order valence-electron chi connectivity index (χ2n) is 6.30. The van der Waals surface area contributed by atoms with Crippen molar-refractivity contribution in [1.29, 1.82) is 0 Å². The van der Waals surface area contributed by atoms with E-state index in [1.54, 1.807) is 34.2 Å². The molecule has 0 radical (unpaired) electrons. The van der Waals surface area contributed by atoms with E-state index in [9.17, 15) is 14.7 Å². The van der Waals surface area contributed by atoms with Crippen molar-refractivity contribution < 1.29 is 9.90 Å². The van der Waals surface area contributed by atoms with Gasteiger partial charge in [0.15, 0.2) is 5.13 Å². The van der Waals surface area contributed by atoms with Gasteiger partial charge in [0.1, 0.15) is 11.3 Å². The van der Waals surface area contributed by atoms with Gasteiger partial charge in [-0.15, -0.1) is 11.3 Å². The second kappa shape index (κ2) is 6.68. The van der Waals surface area contributed by atoms with Crippen LogP contribution in [0.5, 0.6) is 5.75 Å². The van der Waals surface area contributed by atoms with Crippen LogP contribution < -0.4 is 10.9 Å². The average Bonchev–Trinajstić information content (AvgIpc) is 2.96. The summed E-state index contributed by atoms with van der Waals surface area (Å²) < 4.78 is 1.54. The minimum atomic E-state index is -0.653. The van der Waals surface area contributed by atoms with E-state index in [4.69, 9.17) is 0 Å². The lowest BCUT2D eigenvalue weighted by molar-refractivity contribution is 0.102. The Bertz CT molecular complexity index is 1000. The number of aromatic nitrogens is 2. The molecule has 0 fully saturated rings. The molecule has 3 rings (SSSR count). The van der Waals surface area contributed by atoms with Gasteiger partial charge in [0, 0.05) is 17.3 Å². The van der Waals surface area contributed by atoms with E-state index in [2.05, 4.69) is 10.3 Å². The van der Waals surface area contributed by atoms with E-state index in [1.165, 1.54) is 11.3 Å². The molecule has 7 heteroatoms. The average molecular weight is 357 g/mol. The molecule has 2 aromatic heterocycles. The summed E-state index contributed by atoms with van der Waals surface area (Å²) in [6.07, 6.45) is 0. The molecule has 0 aliphatic heterocycles. The third-order valence-corrected chi connectivity index (χ3v) is 4.64. The summed E-state index contributed by atoms with van der Waals surface area (Å²) in [4.78, 5) is 29.7. The Morgan fingerprint density at radius 3 is 2.72 bits per heavy atom. The fraction of sp³-hybridized carbons (Fsp3) is 0.278. The van der Waals surface area contributed by atoms with Gasteiger partial charge in [-0.05, 0) is 25.0 Å². The lowest BCUT2D eigenvalue weighted by Crippen LogP contribution is -2.31. The van der Waals surface area contributed by atoms with Crippen LogP contribution in [0.15, 0.2) is 34.4 Å². The van der Waals surface area contributed by atoms with Crippen molar-refractivity contribution in [1.82, 2.24) is 9.55 Å². The molecule has 6 nitrogen and oxygen atoms in total. The van der Waals surface area contributed by atoms with Gasteiger partial charge in [-0.3, -0.25) is 14.9 Å². The van der Waals surface area contributed by atoms with Crippen LogP contribution in [0.1, 0.15) is 29.9 Å². The molecule has 1 amide bonds. The van der Waals surface area contributed by atoms with Crippen molar-refractivity contribution in [2.75, 3.05) is 5.32 Å². The summed E-state index contributed by atoms with van der Waals surface area (Å²) in [5, 5.41) is 15.8. The number of rotatable bonds is 4. The topological polar surface area (TPSA) is 84.2 Å². The fourth-order valence-electron chi connectivity index (χ4n) is 2.71. The number of nitrogens with one attached hydrogen (secondary N) is 1. The van der Waals surface area contributed by atoms with Gasteiger partial charge in [-0.1, -0.05) is 26.0 Å². The highest BCUT2D eigenvalue weighted by Gasteiger charge is 2.23. The van der Waals surface area contributed by atoms with Gasteiger partial charge in [-0.25, -0.2) is 4.98 Å². The van der Waals surface area contributed by atoms with Crippen LogP contribution in [-0.2, 0) is 6.54 Å². The maximum Gasteiger partial charge on any atom is 0.267 e. The van der Waals surface area contributed by atoms with E-state index in [-0.39, 0.29) is 17.2 Å². The summed E-state index contributed by atoms with van der Waals surface area (Å²) in [6, 6.07) is 7.03. The molecule has 1 aromatic carbocycles. The lowest BCUT2D eigenvalue weighted by atomic mass is 10.1. The molecule has 0 aliphatic carbocycles. The summed E-state index contributed by atoms with van der Waals surface area (Å²) in [5.74, 6) is -0.741. The molecule has 0 bridgehead atoms. The minimum Gasteiger partial charge on any atom is -0.506 e. The molecule has 0 saturated carbocycles. The first-order valence-corrected chi connectivity index (χ1v) is 8.84. The number of hydrogen-bond acceptors (Lipinski definition) is 5. The van der Waals surface area contributed by atoms with Crippen LogP contribution in [0.25, 0.3) is 10.9 Å². The van der Waals surface area contributed by atoms with Crippen molar-refractivity contribution in [3.63, 3.8) is 0 Å². The highest BCUT2D eigenvalue weighted by molar-refractivity contribution is 7.13. The number of aromatic hydroxyl groups is 1. The number of carbonyl (C=O) groups is 1. The van der Waals surface area contributed by atoms with Crippen molar-refractivity contribution in [2.24, 2.45) is 5.92 Å². The van der Waals surface area contributed by atoms with Gasteiger partial charge in [-0.2, -0.15) is 0 Å². The largest absolute Gasteiger partial charge is 0.506 e. The van der Waals surface area contributed by atoms with Crippen molar-refractivity contribution in [3.05, 3.63) is 51.3 Å². The first-order valence-electron chi connectivity index (χ1n) is 7.96. The third kappa shape index (κ3) is 3.28. The third-order valence-electron chi connectivity index (χ3n) is 3.76. The van der Waals surface area contributed by atoms with E-state index in [1.807, 2.05) is 20.8 Å². The molecular formula is C18H19N3O3S. The molecule has 2 heterocycles. The quantitative estimate of drug-likeness (QED) is 0.750. The standard InChI is InChI=1S/C18H19N3O3S/c1-10(2)8-21-13-7-5-4-6-12(13)15(22)14(17(21)24)16(23)20-18-19-11(3)9-25-18/h4-7,9-10,22H,8H2,1-3H3,(H,19,20,23). The number of amides is 1. The molecular weight excluding hydrogens is 338 g/mol. The Morgan fingerprint density at radius 1 is 1.36 bits per heavy atom. The zero-order valence-electron chi connectivity index (χ0n) is 14.2. The minimum absolute atomic E-state index is 0.211. The molecule has 0 spiro atoms. The van der Waals surface area contributed by atoms with Gasteiger partial charge < -0.3 is 9.67 Å². The SMILES string of the molecule is Cc1csc(NC(=O)c2c(O)c3ccccc3n(CC(C)C)c2=O)n1. The molecule has 0 atom stereocenters. The summed E-state index contributed by atoms with van der Waals surface area (Å²) in [5.41, 5.74) is 0.628. The summed E-state index contributed by atoms with van der Waals surface area (Å²) in [6.45, 7) is 6.25. The van der Waals surface area contributed by atoms with Gasteiger partial charge >= 0.3 is 0 Å². The second-order valence-corrected chi connectivity index (χ2v) is 7.16.